The SMILES string of the molecule is [2H]C([2H])(CN)C([2H])([2H])C[C@H](N)C(=O)Nc1ccc(OC)c(C(=O)N[C@@H](CCCCN)C(=O)Nc2ccc(OC)c(C(=O)N[C@@H](CCCCN)C(=O)Nc3ccc(OC)c(C(=O)N[C@@H](CCCCN)C(=O)Nc4ccc(OC)c(C(N)=O)c4)c3)c2)c1. The van der Waals surface area contributed by atoms with Gasteiger partial charge in [-0.2, -0.15) is 0 Å². The normalized spacial score (nSPS) is 13.4. The van der Waals surface area contributed by atoms with Gasteiger partial charge in [-0.15, -0.1) is 0 Å². The van der Waals surface area contributed by atoms with Gasteiger partial charge in [0.15, 0.2) is 0 Å². The van der Waals surface area contributed by atoms with Gasteiger partial charge in [-0.1, -0.05) is 6.37 Å². The van der Waals surface area contributed by atoms with Crippen LogP contribution in [0.5, 0.6) is 23.0 Å². The Labute approximate surface area is 477 Å². The fourth-order valence-corrected chi connectivity index (χ4v) is 8.13. The van der Waals surface area contributed by atoms with Crippen molar-refractivity contribution < 1.29 is 62.8 Å². The molecule has 0 radical (unpaired) electrons. The van der Waals surface area contributed by atoms with Gasteiger partial charge in [-0.3, -0.25) is 38.4 Å². The fraction of sp³-hybridized carbons (Fsp3) is 0.429. The van der Waals surface area contributed by atoms with E-state index >= 15 is 0 Å². The standard InChI is InChI=1S/C56H79N13O12/c1-78-45-21-17-33(29-37(45)49(62)70)64-54(75)42(14-6-10-26-58)67-51(72)39-31-35(19-23-47(39)80-3)66-56(77)44(16-8-12-28-60)69-52(73)40-32-36(20-24-48(40)81-4)65-55(76)43(15-7-11-27-59)68-50(71)38-30-34(18-22-46(38)79-2)63-53(74)41(61)13-5-9-25-57/h17-24,29-32,41-44H,5-16,25-28,57-61H2,1-4H3,(H2,62,70)(H,63,74)(H,64,75)(H,65,76)(H,66,77)(H,67,72)(H,68,71)(H,69,73)/t41-,42-,43-,44-/m0/s1/i5D2,9D2. The highest BCUT2D eigenvalue weighted by Crippen LogP contribution is 2.28. The molecule has 0 aromatic heterocycles. The molecule has 4 rings (SSSR count). The van der Waals surface area contributed by atoms with E-state index in [0.717, 1.165) is 0 Å². The van der Waals surface area contributed by atoms with Gasteiger partial charge < -0.3 is 90.6 Å². The number of rotatable bonds is 35. The van der Waals surface area contributed by atoms with Crippen LogP contribution in [0, 0.1) is 0 Å². The van der Waals surface area contributed by atoms with E-state index in [1.807, 2.05) is 0 Å². The van der Waals surface area contributed by atoms with Gasteiger partial charge in [0.05, 0.1) is 56.7 Å². The molecule has 25 heteroatoms. The van der Waals surface area contributed by atoms with Gasteiger partial charge in [0.25, 0.3) is 23.6 Å². The Morgan fingerprint density at radius 3 is 1.00 bits per heavy atom. The van der Waals surface area contributed by atoms with Crippen molar-refractivity contribution in [2.75, 3.05) is 75.9 Å². The first kappa shape index (κ1) is 58.8. The summed E-state index contributed by atoms with van der Waals surface area (Å²) in [5.74, 6) is -5.55. The quantitative estimate of drug-likeness (QED) is 0.0295. The minimum Gasteiger partial charge on any atom is -0.496 e. The molecule has 4 aromatic rings. The van der Waals surface area contributed by atoms with Crippen LogP contribution in [0.25, 0.3) is 0 Å². The highest BCUT2D eigenvalue weighted by atomic mass is 16.5. The Bertz CT molecular complexity index is 2990. The molecule has 8 amide bonds. The molecule has 0 aliphatic carbocycles. The zero-order valence-corrected chi connectivity index (χ0v) is 46.0. The van der Waals surface area contributed by atoms with E-state index in [1.165, 1.54) is 101 Å². The lowest BCUT2D eigenvalue weighted by Gasteiger charge is -2.22. The van der Waals surface area contributed by atoms with Crippen LogP contribution < -0.4 is 90.6 Å². The second-order valence-corrected chi connectivity index (χ2v) is 18.3. The van der Waals surface area contributed by atoms with Gasteiger partial charge in [0.1, 0.15) is 41.1 Å². The monoisotopic (exact) mass is 1130 g/mol. The molecular weight excluding hydrogens is 1050 g/mol. The third kappa shape index (κ3) is 20.0. The Hall–Kier alpha value is -8.36. The molecule has 0 saturated heterocycles. The predicted molar refractivity (Wildman–Crippen MR) is 308 cm³/mol. The lowest BCUT2D eigenvalue weighted by molar-refractivity contribution is -0.118. The molecule has 81 heavy (non-hydrogen) atoms. The second-order valence-electron chi connectivity index (χ2n) is 18.3. The average Bonchev–Trinajstić information content (AvgIpc) is 3.25. The van der Waals surface area contributed by atoms with E-state index in [9.17, 15) is 38.4 Å². The largest absolute Gasteiger partial charge is 0.496 e. The molecule has 25 nitrogen and oxygen atoms in total. The maximum Gasteiger partial charge on any atom is 0.255 e. The summed E-state index contributed by atoms with van der Waals surface area (Å²) in [4.78, 5) is 109. The van der Waals surface area contributed by atoms with Crippen LogP contribution in [0.1, 0.15) is 124 Å². The molecule has 0 aliphatic rings. The Morgan fingerprint density at radius 1 is 0.420 bits per heavy atom. The van der Waals surface area contributed by atoms with E-state index in [0.29, 0.717) is 45.1 Å². The lowest BCUT2D eigenvalue weighted by atomic mass is 10.1. The van der Waals surface area contributed by atoms with Gasteiger partial charge in [-0.05, 0) is 170 Å². The molecule has 0 saturated carbocycles. The molecule has 19 N–H and O–H groups in total. The Balaban J connectivity index is 1.55. The van der Waals surface area contributed by atoms with Crippen molar-refractivity contribution in [2.45, 2.75) is 101 Å². The summed E-state index contributed by atoms with van der Waals surface area (Å²) in [6.45, 7) is 0.254. The number of carbonyl (C=O) groups excluding carboxylic acids is 8. The molecule has 440 valence electrons. The van der Waals surface area contributed by atoms with E-state index in [1.54, 1.807) is 0 Å². The third-order valence-corrected chi connectivity index (χ3v) is 12.5. The number of unbranched alkanes of at least 4 members (excludes halogenated alkanes) is 3. The van der Waals surface area contributed by atoms with Crippen LogP contribution in [0.2, 0.25) is 0 Å². The molecular formula is C56H79N13O12. The number of methoxy groups -OCH3 is 4. The maximum atomic E-state index is 14.3. The summed E-state index contributed by atoms with van der Waals surface area (Å²) in [7, 11) is 5.32. The van der Waals surface area contributed by atoms with Crippen molar-refractivity contribution in [3.8, 4) is 23.0 Å². The summed E-state index contributed by atoms with van der Waals surface area (Å²) in [6.07, 6.45) is -2.58. The number of anilines is 4. The molecule has 0 bridgehead atoms. The third-order valence-electron chi connectivity index (χ3n) is 12.5. The van der Waals surface area contributed by atoms with E-state index in [4.69, 9.17) is 58.8 Å². The fourth-order valence-electron chi connectivity index (χ4n) is 8.13. The number of hydrogen-bond acceptors (Lipinski definition) is 17. The van der Waals surface area contributed by atoms with Crippen LogP contribution in [-0.2, 0) is 19.2 Å². The number of ether oxygens (including phenoxy) is 4. The number of nitrogens with one attached hydrogen (secondary N) is 7. The number of benzene rings is 4. The number of hydrogen-bond donors (Lipinski definition) is 13. The topological polar surface area (TPSA) is 414 Å². The van der Waals surface area contributed by atoms with Crippen LogP contribution in [0.4, 0.5) is 22.7 Å². The van der Waals surface area contributed by atoms with E-state index in [2.05, 4.69) is 37.2 Å². The smallest absolute Gasteiger partial charge is 0.255 e. The first-order valence-corrected chi connectivity index (χ1v) is 26.2. The maximum absolute atomic E-state index is 14.3. The first-order valence-electron chi connectivity index (χ1n) is 28.2. The van der Waals surface area contributed by atoms with Gasteiger partial charge in [0, 0.05) is 28.2 Å². The first-order chi connectivity index (χ1) is 40.4. The Kier molecular flexibility index (Phi) is 24.6. The van der Waals surface area contributed by atoms with E-state index < -0.39 is 97.1 Å². The molecule has 4 aromatic carbocycles. The average molecular weight is 1130 g/mol. The van der Waals surface area contributed by atoms with Crippen LogP contribution in [0.15, 0.2) is 72.8 Å². The number of primary amides is 1. The van der Waals surface area contributed by atoms with Crippen LogP contribution >= 0.6 is 0 Å². The van der Waals surface area contributed by atoms with Gasteiger partial charge in [0.2, 0.25) is 23.6 Å². The van der Waals surface area contributed by atoms with Crippen molar-refractivity contribution in [3.63, 3.8) is 0 Å². The molecule has 0 spiro atoms. The summed E-state index contributed by atoms with van der Waals surface area (Å²) >= 11 is 0. The van der Waals surface area contributed by atoms with Gasteiger partial charge >= 0.3 is 0 Å². The van der Waals surface area contributed by atoms with Crippen molar-refractivity contribution in [3.05, 3.63) is 95.1 Å². The molecule has 4 atom stereocenters. The van der Waals surface area contributed by atoms with Crippen molar-refractivity contribution in [2.24, 2.45) is 34.4 Å². The van der Waals surface area contributed by atoms with E-state index in [-0.39, 0.29) is 100 Å². The summed E-state index contributed by atoms with van der Waals surface area (Å²) in [6, 6.07) is 11.8. The highest BCUT2D eigenvalue weighted by molar-refractivity contribution is 6.07. The summed E-state index contributed by atoms with van der Waals surface area (Å²) in [5, 5.41) is 18.9. The van der Waals surface area contributed by atoms with Crippen molar-refractivity contribution >= 4 is 70.0 Å². The minimum absolute atomic E-state index is 0.0230. The Morgan fingerprint density at radius 2 is 0.716 bits per heavy atom. The lowest BCUT2D eigenvalue weighted by Crippen LogP contribution is -2.44. The number of amides is 8. The zero-order chi connectivity index (χ0) is 63.0. The second kappa shape index (κ2) is 33.9. The molecule has 0 heterocycles. The van der Waals surface area contributed by atoms with Crippen molar-refractivity contribution in [1.29, 1.82) is 0 Å². The molecule has 0 unspecified atom stereocenters. The zero-order valence-electron chi connectivity index (χ0n) is 50.0. The van der Waals surface area contributed by atoms with Crippen LogP contribution in [-0.4, -0.2) is 126 Å². The minimum atomic E-state index is -2.56. The van der Waals surface area contributed by atoms with Gasteiger partial charge in [-0.25, -0.2) is 0 Å². The number of nitrogens with two attached hydrogens (primary N) is 6. The number of carbonyl (C=O) groups is 8. The molecule has 0 fully saturated rings. The van der Waals surface area contributed by atoms with Crippen molar-refractivity contribution in [1.82, 2.24) is 16.0 Å². The predicted octanol–water partition coefficient (Wildman–Crippen LogP) is 2.81. The van der Waals surface area contributed by atoms with Crippen LogP contribution in [0.3, 0.4) is 0 Å². The summed E-state index contributed by atoms with van der Waals surface area (Å²) < 4.78 is 53.6. The molecule has 0 aliphatic heterocycles. The highest BCUT2D eigenvalue weighted by Gasteiger charge is 2.29. The summed E-state index contributed by atoms with van der Waals surface area (Å²) in [5.41, 5.74) is 34.4.